The molecule has 3 saturated heterocycles. The van der Waals surface area contributed by atoms with Crippen LogP contribution in [-0.2, 0) is 0 Å². The van der Waals surface area contributed by atoms with Crippen molar-refractivity contribution in [3.05, 3.63) is 22.7 Å². The molecule has 7 heteroatoms. The maximum Gasteiger partial charge on any atom is 0.255 e. The topological polar surface area (TPSA) is 68.2 Å². The molecule has 24 heavy (non-hydrogen) atoms. The molecule has 3 aliphatic heterocycles. The molecule has 0 spiro atoms. The van der Waals surface area contributed by atoms with Gasteiger partial charge in [0.15, 0.2) is 0 Å². The molecule has 1 atom stereocenters. The number of aliphatic imine (C=N–C) groups is 1. The average molecular weight is 351 g/mol. The molecule has 3 aliphatic rings. The van der Waals surface area contributed by atoms with Crippen LogP contribution in [0.1, 0.15) is 23.2 Å². The highest BCUT2D eigenvalue weighted by molar-refractivity contribution is 6.33. The number of carbonyl (C=O) groups excluding carboxylic acids is 1. The predicted octanol–water partition coefficient (Wildman–Crippen LogP) is 2.09. The molecular weight excluding hydrogens is 328 g/mol. The fourth-order valence-electron chi connectivity index (χ4n) is 3.38. The first-order valence-corrected chi connectivity index (χ1v) is 8.58. The summed E-state index contributed by atoms with van der Waals surface area (Å²) in [6.07, 6.45) is 3.83. The molecule has 3 heterocycles. The van der Waals surface area contributed by atoms with E-state index in [9.17, 15) is 9.90 Å². The number of phenolic OH excluding ortho intramolecular Hbond substituents is 1. The summed E-state index contributed by atoms with van der Waals surface area (Å²) in [6, 6.07) is 3.05. The third-order valence-electron chi connectivity index (χ3n) is 4.71. The highest BCUT2D eigenvalue weighted by Crippen LogP contribution is 2.33. The van der Waals surface area contributed by atoms with Crippen LogP contribution in [0.2, 0.25) is 5.02 Å². The summed E-state index contributed by atoms with van der Waals surface area (Å²) >= 11 is 6.20. The SMILES string of the molecule is CN(C)C=Nc1cc(O)c(C(=O)NC2CN3CCC2CC3)cc1Cl. The minimum Gasteiger partial charge on any atom is -0.507 e. The molecule has 0 aromatic heterocycles. The van der Waals surface area contributed by atoms with Gasteiger partial charge >= 0.3 is 0 Å². The second-order valence-corrected chi connectivity index (χ2v) is 7.15. The van der Waals surface area contributed by atoms with Crippen molar-refractivity contribution < 1.29 is 9.90 Å². The van der Waals surface area contributed by atoms with Crippen molar-refractivity contribution in [3.8, 4) is 5.75 Å². The number of benzene rings is 1. The van der Waals surface area contributed by atoms with Gasteiger partial charge in [-0.15, -0.1) is 0 Å². The van der Waals surface area contributed by atoms with E-state index < -0.39 is 0 Å². The van der Waals surface area contributed by atoms with Crippen molar-refractivity contribution in [2.24, 2.45) is 10.9 Å². The van der Waals surface area contributed by atoms with Crippen LogP contribution in [0, 0.1) is 5.92 Å². The highest BCUT2D eigenvalue weighted by Gasteiger charge is 2.35. The first-order valence-electron chi connectivity index (χ1n) is 8.20. The number of amides is 1. The Balaban J connectivity index is 1.74. The largest absolute Gasteiger partial charge is 0.507 e. The van der Waals surface area contributed by atoms with Gasteiger partial charge in [-0.2, -0.15) is 0 Å². The van der Waals surface area contributed by atoms with Crippen LogP contribution < -0.4 is 5.32 Å². The lowest BCUT2D eigenvalue weighted by atomic mass is 9.84. The number of nitrogens with one attached hydrogen (secondary N) is 1. The molecule has 6 nitrogen and oxygen atoms in total. The molecule has 130 valence electrons. The average Bonchev–Trinajstić information content (AvgIpc) is 2.56. The third kappa shape index (κ3) is 3.65. The second kappa shape index (κ2) is 6.99. The van der Waals surface area contributed by atoms with Gasteiger partial charge in [0.25, 0.3) is 5.91 Å². The molecule has 1 aromatic carbocycles. The van der Waals surface area contributed by atoms with Crippen LogP contribution in [-0.4, -0.2) is 66.9 Å². The van der Waals surface area contributed by atoms with E-state index in [2.05, 4.69) is 15.2 Å². The minimum atomic E-state index is -0.281. The number of aromatic hydroxyl groups is 1. The van der Waals surface area contributed by atoms with Crippen molar-refractivity contribution in [1.29, 1.82) is 0 Å². The Morgan fingerprint density at radius 2 is 2.12 bits per heavy atom. The number of piperidine rings is 3. The van der Waals surface area contributed by atoms with Gasteiger partial charge in [-0.05, 0) is 37.9 Å². The number of rotatable bonds is 4. The first kappa shape index (κ1) is 17.0. The van der Waals surface area contributed by atoms with E-state index >= 15 is 0 Å². The number of hydrogen-bond donors (Lipinski definition) is 2. The molecule has 0 radical (unpaired) electrons. The molecular formula is C17H23ClN4O2. The van der Waals surface area contributed by atoms with Crippen molar-refractivity contribution in [1.82, 2.24) is 15.1 Å². The summed E-state index contributed by atoms with van der Waals surface area (Å²) in [7, 11) is 3.68. The summed E-state index contributed by atoms with van der Waals surface area (Å²) < 4.78 is 0. The quantitative estimate of drug-likeness (QED) is 0.644. The van der Waals surface area contributed by atoms with Crippen LogP contribution in [0.25, 0.3) is 0 Å². The Labute approximate surface area is 147 Å². The number of carbonyl (C=O) groups is 1. The lowest BCUT2D eigenvalue weighted by Crippen LogP contribution is -2.57. The van der Waals surface area contributed by atoms with Crippen molar-refractivity contribution in [3.63, 3.8) is 0 Å². The van der Waals surface area contributed by atoms with Crippen LogP contribution in [0.4, 0.5) is 5.69 Å². The molecule has 2 N–H and O–H groups in total. The van der Waals surface area contributed by atoms with Gasteiger partial charge in [0.05, 0.1) is 22.6 Å². The molecule has 3 fully saturated rings. The fourth-order valence-corrected chi connectivity index (χ4v) is 3.60. The standard InChI is InChI=1S/C17H23ClN4O2/c1-21(2)10-19-14-8-16(23)12(7-13(14)18)17(24)20-15-9-22-5-3-11(15)4-6-22/h7-8,10-11,15,23H,3-6,9H2,1-2H3,(H,20,24). The molecule has 1 amide bonds. The van der Waals surface area contributed by atoms with E-state index in [1.807, 2.05) is 14.1 Å². The molecule has 0 saturated carbocycles. The number of fused-ring (bicyclic) bond motifs is 3. The van der Waals surface area contributed by atoms with E-state index in [0.29, 0.717) is 16.6 Å². The van der Waals surface area contributed by atoms with Crippen LogP contribution in [0.15, 0.2) is 17.1 Å². The maximum atomic E-state index is 12.5. The van der Waals surface area contributed by atoms with E-state index in [1.165, 1.54) is 12.1 Å². The maximum absolute atomic E-state index is 12.5. The molecule has 2 bridgehead atoms. The van der Waals surface area contributed by atoms with Gasteiger partial charge in [0.1, 0.15) is 5.75 Å². The van der Waals surface area contributed by atoms with Crippen LogP contribution in [0.3, 0.4) is 0 Å². The van der Waals surface area contributed by atoms with E-state index in [4.69, 9.17) is 11.6 Å². The zero-order chi connectivity index (χ0) is 17.3. The van der Waals surface area contributed by atoms with Gasteiger partial charge in [0.2, 0.25) is 0 Å². The lowest BCUT2D eigenvalue weighted by Gasteiger charge is -2.44. The second-order valence-electron chi connectivity index (χ2n) is 6.75. The van der Waals surface area contributed by atoms with Gasteiger partial charge < -0.3 is 20.2 Å². The summed E-state index contributed by atoms with van der Waals surface area (Å²) in [6.45, 7) is 3.12. The zero-order valence-corrected chi connectivity index (χ0v) is 14.8. The molecule has 1 aromatic rings. The smallest absolute Gasteiger partial charge is 0.255 e. The molecule has 1 unspecified atom stereocenters. The number of halogens is 1. The van der Waals surface area contributed by atoms with Crippen LogP contribution in [0.5, 0.6) is 5.75 Å². The highest BCUT2D eigenvalue weighted by atomic mass is 35.5. The van der Waals surface area contributed by atoms with E-state index in [-0.39, 0.29) is 23.3 Å². The lowest BCUT2D eigenvalue weighted by molar-refractivity contribution is 0.0619. The van der Waals surface area contributed by atoms with Crippen molar-refractivity contribution in [2.75, 3.05) is 33.7 Å². The first-order chi connectivity index (χ1) is 11.4. The molecule has 0 aliphatic carbocycles. The summed E-state index contributed by atoms with van der Waals surface area (Å²) in [4.78, 5) is 20.9. The Morgan fingerprint density at radius 1 is 1.42 bits per heavy atom. The Kier molecular flexibility index (Phi) is 4.96. The van der Waals surface area contributed by atoms with E-state index in [1.54, 1.807) is 11.2 Å². The summed E-state index contributed by atoms with van der Waals surface area (Å²) in [5, 5.41) is 13.6. The minimum absolute atomic E-state index is 0.107. The number of nitrogens with zero attached hydrogens (tertiary/aromatic N) is 3. The third-order valence-corrected chi connectivity index (χ3v) is 5.01. The number of phenols is 1. The zero-order valence-electron chi connectivity index (χ0n) is 14.0. The molecule has 4 rings (SSSR count). The van der Waals surface area contributed by atoms with E-state index in [0.717, 1.165) is 32.5 Å². The Bertz CT molecular complexity index is 654. The van der Waals surface area contributed by atoms with Gasteiger partial charge in [-0.25, -0.2) is 4.99 Å². The monoisotopic (exact) mass is 350 g/mol. The Morgan fingerprint density at radius 3 is 2.71 bits per heavy atom. The summed E-state index contributed by atoms with van der Waals surface area (Å²) in [5.41, 5.74) is 0.627. The fraction of sp³-hybridized carbons (Fsp3) is 0.529. The van der Waals surface area contributed by atoms with Crippen LogP contribution >= 0.6 is 11.6 Å². The summed E-state index contributed by atoms with van der Waals surface area (Å²) in [5.74, 6) is 0.140. The number of hydrogen-bond acceptors (Lipinski definition) is 4. The van der Waals surface area contributed by atoms with Crippen molar-refractivity contribution >= 4 is 29.5 Å². The van der Waals surface area contributed by atoms with Gasteiger partial charge in [0, 0.05) is 32.7 Å². The van der Waals surface area contributed by atoms with Crippen molar-refractivity contribution in [2.45, 2.75) is 18.9 Å². The predicted molar refractivity (Wildman–Crippen MR) is 95.4 cm³/mol. The van der Waals surface area contributed by atoms with Gasteiger partial charge in [-0.3, -0.25) is 4.79 Å². The van der Waals surface area contributed by atoms with Gasteiger partial charge in [-0.1, -0.05) is 11.6 Å². The normalized spacial score (nSPS) is 25.9. The Hall–Kier alpha value is -1.79.